The lowest BCUT2D eigenvalue weighted by molar-refractivity contribution is -1.26. The molecule has 52 atom stereocenters. The minimum atomic E-state index is 1.11. The largest absolute Gasteiger partial charge is 0.0458 e. The van der Waals surface area contributed by atoms with Crippen LogP contribution >= 0.6 is 0 Å². The molecule has 0 aliphatic heterocycles. The van der Waals surface area contributed by atoms with Crippen molar-refractivity contribution in [3.05, 3.63) is 0 Å². The Kier molecular flexibility index (Phi) is 1.15. The second-order valence-electron chi connectivity index (χ2n) is 49.5. The maximum absolute atomic E-state index is 1.87. The third-order valence-corrected chi connectivity index (χ3v) is 67.4. The highest BCUT2D eigenvalue weighted by Crippen LogP contribution is 3.75. The third-order valence-electron chi connectivity index (χ3n) is 67.4. The molecule has 39 spiro atoms. The molecule has 75 heavy (non-hydrogen) atoms. The van der Waals surface area contributed by atoms with Crippen LogP contribution in [0.2, 0.25) is 0 Å². The van der Waals surface area contributed by atoms with E-state index in [-0.39, 0.29) is 0 Å². The van der Waals surface area contributed by atoms with E-state index in [2.05, 4.69) is 0 Å². The lowest BCUT2D eigenvalue weighted by Crippen LogP contribution is -3.69. The van der Waals surface area contributed by atoms with E-state index in [0.29, 0.717) is 0 Å². The summed E-state index contributed by atoms with van der Waals surface area (Å²) in [4.78, 5) is 0. The average Bonchev–Trinajstić information content (AvgIpc) is 0.425. The Hall–Kier alpha value is 0. The molecule has 0 aromatic rings. The molecule has 56 fully saturated rings. The minimum absolute atomic E-state index is 1.11. The van der Waals surface area contributed by atoms with E-state index >= 15 is 0 Å². The Balaban J connectivity index is 0.629. The third kappa shape index (κ3) is 0.498. The fourth-order valence-electron chi connectivity index (χ4n) is 87.2. The summed E-state index contributed by atoms with van der Waals surface area (Å²) in [6, 6.07) is 0. The smallest absolute Gasteiger partial charge is 0.000715 e. The van der Waals surface area contributed by atoms with E-state index in [4.69, 9.17) is 0 Å². The predicted molar refractivity (Wildman–Crippen MR) is 225 cm³/mol. The van der Waals surface area contributed by atoms with Crippen molar-refractivity contribution in [3.63, 3.8) is 0 Å². The molecule has 0 aromatic heterocycles. The summed E-state index contributed by atoms with van der Waals surface area (Å²) in [6.07, 6.45) is 7.48. The van der Waals surface area contributed by atoms with Crippen LogP contribution in [-0.2, 0) is 0 Å². The van der Waals surface area contributed by atoms with Gasteiger partial charge in [0.05, 0.1) is 0 Å². The molecular formula is C75H40. The van der Waals surface area contributed by atoms with Crippen molar-refractivity contribution >= 4 is 0 Å². The minimum Gasteiger partial charge on any atom is -0.0458 e. The van der Waals surface area contributed by atoms with Crippen molar-refractivity contribution in [1.82, 2.24) is 0 Å². The molecule has 0 bridgehead atoms. The molecule has 52 unspecified atom stereocenters. The van der Waals surface area contributed by atoms with Crippen LogP contribution in [0.5, 0.6) is 0 Å². The van der Waals surface area contributed by atoms with Crippen LogP contribution in [0.1, 0.15) is 25.7 Å². The first-order valence-electron chi connectivity index (χ1n) is 37.3. The van der Waals surface area contributed by atoms with Crippen LogP contribution in [0.4, 0.5) is 0 Å². The van der Waals surface area contributed by atoms with Gasteiger partial charge in [0, 0.05) is 0 Å². The van der Waals surface area contributed by atoms with Gasteiger partial charge in [0.2, 0.25) is 0 Å². The molecule has 0 heterocycles. The lowest BCUT2D eigenvalue weighted by Gasteiger charge is -3.70. The normalized spacial score (nSPS) is 147. The first-order valence-corrected chi connectivity index (χ1v) is 37.3. The van der Waals surface area contributed by atoms with Gasteiger partial charge >= 0.3 is 0 Å². The maximum Gasteiger partial charge on any atom is -0.000715 e. The standard InChI is InChI=1S/C75H40/c1-5-13-6-2-10-16-20-24-28-33-36-34-30-26-22-18-12-4-8-14-7-3-11-17-21-25-29-32-35-31-27-23-19-15-9(1)37(5)41(13)38(6,10)44(16)48(20)52(24)56(28)61(33)64(36)62(34)58(30)54(26)50(22)46(18)40(8,12)42(14)39(7,11)45(17)49(21)53(25)57(29)60(32)63(35)59(31)55(27)51(23)47(19)43(15,37)65(41,44)67(47,48)69(51,52)71(55,56)73(59,61)75(63,64)74(60,62)72(57,58)70(53,54)68(49,50)66(42,45)46/h5-36H,1-4H2. The van der Waals surface area contributed by atoms with Gasteiger partial charge in [-0.25, -0.2) is 0 Å². The monoisotopic (exact) mass is 940 g/mol. The Bertz CT molecular complexity index is 4970. The van der Waals surface area contributed by atoms with E-state index in [1.807, 2.05) is 25.7 Å². The van der Waals surface area contributed by atoms with Crippen LogP contribution < -0.4 is 0 Å². The molecule has 0 N–H and O–H groups in total. The molecule has 0 saturated heterocycles. The van der Waals surface area contributed by atoms with Crippen LogP contribution in [0.3, 0.4) is 0 Å². The topological polar surface area (TPSA) is 0 Å². The van der Waals surface area contributed by atoms with Crippen molar-refractivity contribution in [3.8, 4) is 0 Å². The summed E-state index contributed by atoms with van der Waals surface area (Å²) in [5, 5.41) is 0. The van der Waals surface area contributed by atoms with Crippen molar-refractivity contribution in [1.29, 1.82) is 0 Å². The lowest BCUT2D eigenvalue weighted by atomic mass is 8.32. The van der Waals surface area contributed by atoms with E-state index < -0.39 is 0 Å². The summed E-state index contributed by atoms with van der Waals surface area (Å²) in [7, 11) is 0. The number of hydrogen-bond donors (Lipinski definition) is 0. The second-order valence-corrected chi connectivity index (χ2v) is 49.5. The number of hydrogen-bond acceptors (Lipinski definition) is 0. The van der Waals surface area contributed by atoms with Crippen molar-refractivity contribution in [2.24, 2.45) is 401 Å². The van der Waals surface area contributed by atoms with Gasteiger partial charge in [-0.05, 0) is 426 Å². The highest BCUT2D eigenvalue weighted by Gasteiger charge is 3.74. The van der Waals surface area contributed by atoms with Gasteiger partial charge in [0.25, 0.3) is 0 Å². The molecule has 0 heteroatoms. The molecule has 0 radical (unpaired) electrons. The van der Waals surface area contributed by atoms with Gasteiger partial charge in [-0.2, -0.15) is 0 Å². The Morgan fingerprint density at radius 1 is 0.120 bits per heavy atom. The van der Waals surface area contributed by atoms with Gasteiger partial charge in [-0.3, -0.25) is 0 Å². The van der Waals surface area contributed by atoms with Crippen LogP contribution in [0, 0.1) is 401 Å². The van der Waals surface area contributed by atoms with E-state index in [1.165, 1.54) is 189 Å². The van der Waals surface area contributed by atoms with Crippen LogP contribution in [0.25, 0.3) is 0 Å². The average molecular weight is 941 g/mol. The first-order chi connectivity index (χ1) is 37.3. The van der Waals surface area contributed by atoms with E-state index in [9.17, 15) is 0 Å². The second kappa shape index (κ2) is 3.53. The van der Waals surface area contributed by atoms with Gasteiger partial charge in [-0.1, -0.05) is 0 Å². The molecule has 56 aliphatic rings. The fourth-order valence-corrected chi connectivity index (χ4v) is 87.2. The van der Waals surface area contributed by atoms with Gasteiger partial charge in [0.15, 0.2) is 0 Å². The molecule has 56 aliphatic carbocycles. The number of rotatable bonds is 0. The molecule has 56 saturated carbocycles. The quantitative estimate of drug-likeness (QED) is 0.302. The van der Waals surface area contributed by atoms with Crippen molar-refractivity contribution in [2.75, 3.05) is 0 Å². The zero-order valence-electron chi connectivity index (χ0n) is 40.8. The van der Waals surface area contributed by atoms with E-state index in [1.54, 1.807) is 0 Å². The predicted octanol–water partition coefficient (Wildman–Crippen LogP) is 5.50. The first kappa shape index (κ1) is 24.3. The Labute approximate surface area is 423 Å². The van der Waals surface area contributed by atoms with Gasteiger partial charge in [0.1, 0.15) is 0 Å². The Morgan fingerprint density at radius 2 is 0.267 bits per heavy atom. The molecule has 0 amide bonds. The molecule has 340 valence electrons. The van der Waals surface area contributed by atoms with Crippen molar-refractivity contribution < 1.29 is 0 Å². The fraction of sp³-hybridized carbons (Fsp3) is 1.00. The highest BCUT2D eigenvalue weighted by atomic mass is 15.8. The molecule has 0 nitrogen and oxygen atoms in total. The molecular weight excluding hydrogens is 901 g/mol. The summed E-state index contributed by atoms with van der Waals surface area (Å²) in [6.45, 7) is 0. The summed E-state index contributed by atoms with van der Waals surface area (Å²) in [5.74, 6) is 45.6. The van der Waals surface area contributed by atoms with Crippen molar-refractivity contribution in [2.45, 2.75) is 25.7 Å². The molecule has 56 rings (SSSR count). The van der Waals surface area contributed by atoms with Gasteiger partial charge in [-0.15, -0.1) is 0 Å². The summed E-state index contributed by atoms with van der Waals surface area (Å²) in [5.41, 5.74) is 44.3. The summed E-state index contributed by atoms with van der Waals surface area (Å²) >= 11 is 0. The molecule has 0 aromatic carbocycles. The SMILES string of the molecule is C1C2C3C4CC5C6C7C8C9C%10C%11C%12C%13C%14C%15C%16C%17CC%18C%19C%20CC%21C%22C%23C%24C%25C%26C%27C%28C%29C%30C%31C%32C1C21C32C45C63C74C85C96C%107C%118C%129C%13%10C%14%11C%15%12C%16%13C%18%17C%19%14C%20%21C%22%15C%23%16C%24%17C%25%18C%26%19C%27%20C%28%21C%29%22C%30%23C%31%24C%321C23C%244C%235C%226C%217C%208C%199C%18%10C%17%11C%16%12C%14%15%13. The van der Waals surface area contributed by atoms with E-state index in [0.717, 1.165) is 211 Å². The zero-order chi connectivity index (χ0) is 40.8. The summed E-state index contributed by atoms with van der Waals surface area (Å²) < 4.78 is 0. The zero-order valence-corrected chi connectivity index (χ0v) is 40.8. The highest BCUT2D eigenvalue weighted by molar-refractivity contribution is 6.18. The van der Waals surface area contributed by atoms with Gasteiger partial charge < -0.3 is 0 Å². The number of fused-ring (bicyclic) bond motifs is 28. The van der Waals surface area contributed by atoms with Crippen LogP contribution in [0.15, 0.2) is 0 Å². The Morgan fingerprint density at radius 3 is 0.467 bits per heavy atom. The van der Waals surface area contributed by atoms with Crippen LogP contribution in [-0.4, -0.2) is 0 Å². The maximum atomic E-state index is 1.87.